The average molecular weight is 427 g/mol. The van der Waals surface area contributed by atoms with Crippen molar-refractivity contribution in [2.45, 2.75) is 6.92 Å². The van der Waals surface area contributed by atoms with Crippen LogP contribution in [0.25, 0.3) is 5.69 Å². The van der Waals surface area contributed by atoms with Crippen LogP contribution in [0.5, 0.6) is 0 Å². The molecule has 3 aromatic rings. The number of nitrogens with one attached hydrogen (secondary N) is 2. The zero-order valence-corrected chi connectivity index (χ0v) is 17.1. The van der Waals surface area contributed by atoms with Crippen LogP contribution in [0, 0.1) is 6.92 Å². The Morgan fingerprint density at radius 3 is 2.23 bits per heavy atom. The number of anilines is 2. The van der Waals surface area contributed by atoms with Crippen LogP contribution in [0.4, 0.5) is 11.4 Å². The first kappa shape index (κ1) is 21.2. The Morgan fingerprint density at radius 2 is 1.63 bits per heavy atom. The van der Waals surface area contributed by atoms with Gasteiger partial charge < -0.3 is 15.4 Å². The van der Waals surface area contributed by atoms with Gasteiger partial charge >= 0.3 is 0 Å². The van der Waals surface area contributed by atoms with Gasteiger partial charge in [0.05, 0.1) is 5.69 Å². The first-order valence-corrected chi connectivity index (χ1v) is 9.32. The zero-order valence-electron chi connectivity index (χ0n) is 16.3. The first-order valence-electron chi connectivity index (χ1n) is 8.94. The Balaban J connectivity index is 1.80. The number of methoxy groups -OCH3 is 1. The first-order chi connectivity index (χ1) is 14.4. The number of ether oxygens (including phenoxy) is 1. The Kier molecular flexibility index (Phi) is 6.61. The topological polar surface area (TPSA) is 102 Å². The van der Waals surface area contributed by atoms with E-state index in [-0.39, 0.29) is 18.2 Å². The van der Waals surface area contributed by atoms with Crippen molar-refractivity contribution in [3.8, 4) is 5.69 Å². The smallest absolute Gasteiger partial charge is 0.280 e. The molecule has 8 nitrogen and oxygen atoms in total. The fraction of sp³-hybridized carbons (Fsp3) is 0.143. The van der Waals surface area contributed by atoms with Crippen molar-refractivity contribution >= 4 is 34.8 Å². The molecule has 0 saturated heterocycles. The second-order valence-corrected chi connectivity index (χ2v) is 6.84. The Hall–Kier alpha value is -3.49. The van der Waals surface area contributed by atoms with Gasteiger partial charge in [0.15, 0.2) is 5.69 Å². The van der Waals surface area contributed by atoms with E-state index >= 15 is 0 Å². The van der Waals surface area contributed by atoms with Crippen LogP contribution in [0.2, 0.25) is 5.02 Å². The SMILES string of the molecule is COCC(=O)Nc1ccc(NC(=O)c2nn(-c3ccc(Cl)cc3)c(C)cc2=O)cc1. The summed E-state index contributed by atoms with van der Waals surface area (Å²) in [5.41, 5.74) is 1.52. The van der Waals surface area contributed by atoms with E-state index in [1.54, 1.807) is 55.5 Å². The lowest BCUT2D eigenvalue weighted by Gasteiger charge is -2.12. The Morgan fingerprint density at radius 1 is 1.03 bits per heavy atom. The fourth-order valence-corrected chi connectivity index (χ4v) is 2.83. The number of carbonyl (C=O) groups is 2. The molecule has 0 atom stereocenters. The predicted octanol–water partition coefficient (Wildman–Crippen LogP) is 3.03. The molecule has 0 aliphatic carbocycles. The molecule has 1 aromatic heterocycles. The molecule has 0 aliphatic rings. The minimum absolute atomic E-state index is 0.0581. The molecule has 2 aromatic carbocycles. The number of hydrogen-bond acceptors (Lipinski definition) is 5. The third-order valence-electron chi connectivity index (χ3n) is 4.10. The number of halogens is 1. The summed E-state index contributed by atoms with van der Waals surface area (Å²) < 4.78 is 6.26. The zero-order chi connectivity index (χ0) is 21.7. The standard InChI is InChI=1S/C21H19ClN4O4/c1-13-11-18(27)20(25-26(13)17-9-3-14(22)4-10-17)21(29)24-16-7-5-15(6-8-16)23-19(28)12-30-2/h3-11H,12H2,1-2H3,(H,23,28)(H,24,29). The van der Waals surface area contributed by atoms with E-state index in [1.807, 2.05) is 0 Å². The van der Waals surface area contributed by atoms with Gasteiger partial charge in [0, 0.05) is 35.3 Å². The minimum Gasteiger partial charge on any atom is -0.375 e. The third kappa shape index (κ3) is 5.11. The summed E-state index contributed by atoms with van der Waals surface area (Å²) in [6.45, 7) is 1.67. The molecule has 1 heterocycles. The molecule has 0 unspecified atom stereocenters. The molecular formula is C21H19ClN4O4. The molecular weight excluding hydrogens is 408 g/mol. The lowest BCUT2D eigenvalue weighted by atomic mass is 10.2. The Labute approximate surface area is 177 Å². The summed E-state index contributed by atoms with van der Waals surface area (Å²) in [6, 6.07) is 14.7. The quantitative estimate of drug-likeness (QED) is 0.630. The van der Waals surface area contributed by atoms with Gasteiger partial charge in [-0.1, -0.05) is 11.6 Å². The highest BCUT2D eigenvalue weighted by molar-refractivity contribution is 6.30. The molecule has 2 N–H and O–H groups in total. The molecule has 2 amide bonds. The van der Waals surface area contributed by atoms with E-state index in [0.717, 1.165) is 0 Å². The average Bonchev–Trinajstić information content (AvgIpc) is 2.70. The van der Waals surface area contributed by atoms with Crippen LogP contribution in [0.3, 0.4) is 0 Å². The van der Waals surface area contributed by atoms with Crippen molar-refractivity contribution in [3.05, 3.63) is 81.2 Å². The van der Waals surface area contributed by atoms with E-state index in [4.69, 9.17) is 16.3 Å². The summed E-state index contributed by atoms with van der Waals surface area (Å²) in [4.78, 5) is 36.5. The van der Waals surface area contributed by atoms with Gasteiger partial charge in [-0.05, 0) is 55.5 Å². The molecule has 9 heteroatoms. The van der Waals surface area contributed by atoms with Gasteiger partial charge in [-0.15, -0.1) is 0 Å². The molecule has 0 saturated carbocycles. The molecule has 0 aliphatic heterocycles. The van der Waals surface area contributed by atoms with Crippen LogP contribution in [0.15, 0.2) is 59.4 Å². The van der Waals surface area contributed by atoms with Crippen molar-refractivity contribution < 1.29 is 14.3 Å². The maximum Gasteiger partial charge on any atom is 0.280 e. The number of benzene rings is 2. The van der Waals surface area contributed by atoms with E-state index in [9.17, 15) is 14.4 Å². The van der Waals surface area contributed by atoms with Crippen LogP contribution < -0.4 is 16.1 Å². The summed E-state index contributed by atoms with van der Waals surface area (Å²) >= 11 is 5.92. The van der Waals surface area contributed by atoms with Crippen molar-refractivity contribution in [1.29, 1.82) is 0 Å². The third-order valence-corrected chi connectivity index (χ3v) is 4.35. The summed E-state index contributed by atoms with van der Waals surface area (Å²) in [5, 5.41) is 10.1. The lowest BCUT2D eigenvalue weighted by molar-refractivity contribution is -0.119. The second-order valence-electron chi connectivity index (χ2n) is 6.40. The monoisotopic (exact) mass is 426 g/mol. The summed E-state index contributed by atoms with van der Waals surface area (Å²) in [6.07, 6.45) is 0. The number of nitrogens with zero attached hydrogens (tertiary/aromatic N) is 2. The molecule has 3 rings (SSSR count). The van der Waals surface area contributed by atoms with Gasteiger partial charge in [-0.3, -0.25) is 14.4 Å². The molecule has 0 fully saturated rings. The fourth-order valence-electron chi connectivity index (χ4n) is 2.70. The van der Waals surface area contributed by atoms with Crippen molar-refractivity contribution in [2.75, 3.05) is 24.4 Å². The number of amides is 2. The number of aryl methyl sites for hydroxylation is 1. The van der Waals surface area contributed by atoms with E-state index < -0.39 is 11.3 Å². The van der Waals surface area contributed by atoms with E-state index in [2.05, 4.69) is 15.7 Å². The van der Waals surface area contributed by atoms with Gasteiger partial charge in [0.2, 0.25) is 11.3 Å². The maximum atomic E-state index is 12.6. The Bertz CT molecular complexity index is 1130. The maximum absolute atomic E-state index is 12.6. The second kappa shape index (κ2) is 9.34. The molecule has 0 bridgehead atoms. The van der Waals surface area contributed by atoms with E-state index in [0.29, 0.717) is 27.8 Å². The van der Waals surface area contributed by atoms with Gasteiger partial charge in [0.25, 0.3) is 5.91 Å². The van der Waals surface area contributed by atoms with Crippen molar-refractivity contribution in [3.63, 3.8) is 0 Å². The number of aromatic nitrogens is 2. The van der Waals surface area contributed by atoms with Crippen LogP contribution in [-0.2, 0) is 9.53 Å². The predicted molar refractivity (Wildman–Crippen MR) is 114 cm³/mol. The normalized spacial score (nSPS) is 10.5. The van der Waals surface area contributed by atoms with Gasteiger partial charge in [-0.2, -0.15) is 5.10 Å². The van der Waals surface area contributed by atoms with Crippen LogP contribution >= 0.6 is 11.6 Å². The molecule has 30 heavy (non-hydrogen) atoms. The highest BCUT2D eigenvalue weighted by atomic mass is 35.5. The number of hydrogen-bond donors (Lipinski definition) is 2. The number of carbonyl (C=O) groups excluding carboxylic acids is 2. The van der Waals surface area contributed by atoms with Crippen molar-refractivity contribution in [2.24, 2.45) is 0 Å². The van der Waals surface area contributed by atoms with Crippen LogP contribution in [0.1, 0.15) is 16.2 Å². The largest absolute Gasteiger partial charge is 0.375 e. The molecule has 0 radical (unpaired) electrons. The minimum atomic E-state index is -0.640. The highest BCUT2D eigenvalue weighted by Crippen LogP contribution is 2.16. The van der Waals surface area contributed by atoms with E-state index in [1.165, 1.54) is 17.9 Å². The highest BCUT2D eigenvalue weighted by Gasteiger charge is 2.16. The number of rotatable bonds is 6. The lowest BCUT2D eigenvalue weighted by Crippen LogP contribution is -2.26. The van der Waals surface area contributed by atoms with Gasteiger partial charge in [0.1, 0.15) is 6.61 Å². The summed E-state index contributed by atoms with van der Waals surface area (Å²) in [7, 11) is 1.43. The summed E-state index contributed by atoms with van der Waals surface area (Å²) in [5.74, 6) is -0.931. The van der Waals surface area contributed by atoms with Gasteiger partial charge in [-0.25, -0.2) is 4.68 Å². The molecule has 0 spiro atoms. The van der Waals surface area contributed by atoms with Crippen LogP contribution in [-0.4, -0.2) is 35.3 Å². The van der Waals surface area contributed by atoms with Crippen molar-refractivity contribution in [1.82, 2.24) is 9.78 Å². The molecule has 154 valence electrons.